The molecule has 1 aliphatic heterocycles. The van der Waals surface area contributed by atoms with Crippen molar-refractivity contribution >= 4 is 12.4 Å². The van der Waals surface area contributed by atoms with Crippen molar-refractivity contribution in [2.45, 2.75) is 45.3 Å². The lowest BCUT2D eigenvalue weighted by molar-refractivity contribution is -0.110. The van der Waals surface area contributed by atoms with Gasteiger partial charge in [-0.1, -0.05) is 6.07 Å². The lowest BCUT2D eigenvalue weighted by Gasteiger charge is -2.39. The van der Waals surface area contributed by atoms with E-state index < -0.39 is 5.60 Å². The molecule has 1 unspecified atom stereocenters. The zero-order valence-electron chi connectivity index (χ0n) is 14.7. The lowest BCUT2D eigenvalue weighted by atomic mass is 10.0. The number of amides is 1. The van der Waals surface area contributed by atoms with Crippen LogP contribution >= 0.6 is 0 Å². The summed E-state index contributed by atoms with van der Waals surface area (Å²) in [5, 5.41) is 9.51. The van der Waals surface area contributed by atoms with Gasteiger partial charge in [0.1, 0.15) is 29.8 Å². The average molecular weight is 342 g/mol. The van der Waals surface area contributed by atoms with E-state index in [0.29, 0.717) is 37.2 Å². The summed E-state index contributed by atoms with van der Waals surface area (Å²) >= 11 is 0. The van der Waals surface area contributed by atoms with Crippen LogP contribution in [0.15, 0.2) is 12.1 Å². The quantitative estimate of drug-likeness (QED) is 0.789. The fraction of sp³-hybridized carbons (Fsp3) is 0.526. The highest BCUT2D eigenvalue weighted by Gasteiger charge is 2.36. The van der Waals surface area contributed by atoms with Crippen LogP contribution in [0.2, 0.25) is 0 Å². The van der Waals surface area contributed by atoms with E-state index in [-0.39, 0.29) is 18.1 Å². The summed E-state index contributed by atoms with van der Waals surface area (Å²) in [4.78, 5) is 24.6. The standard InChI is InChI=1S/C19H22N2O4/c1-19(2,3)25-18(23)21-9-14(10-21)24-17-5-4-13-6-12(11-22)7-15(13)16(17)8-20/h4-5,11-12,14H,6-7,9-10H2,1-3H3. The maximum atomic E-state index is 11.9. The van der Waals surface area contributed by atoms with Crippen LogP contribution in [0.4, 0.5) is 4.79 Å². The number of carbonyl (C=O) groups excluding carboxylic acids is 2. The van der Waals surface area contributed by atoms with Gasteiger partial charge in [-0.25, -0.2) is 4.79 Å². The molecule has 1 heterocycles. The van der Waals surface area contributed by atoms with Crippen molar-refractivity contribution in [1.29, 1.82) is 5.26 Å². The zero-order chi connectivity index (χ0) is 18.2. The van der Waals surface area contributed by atoms with Crippen LogP contribution in [0.5, 0.6) is 5.75 Å². The SMILES string of the molecule is CC(C)(C)OC(=O)N1CC(Oc2ccc3c(c2C#N)CC(C=O)C3)C1. The van der Waals surface area contributed by atoms with Crippen LogP contribution < -0.4 is 4.74 Å². The number of benzene rings is 1. The molecule has 6 nitrogen and oxygen atoms in total. The van der Waals surface area contributed by atoms with Crippen LogP contribution in [-0.2, 0) is 22.4 Å². The average Bonchev–Trinajstić information content (AvgIpc) is 2.91. The van der Waals surface area contributed by atoms with E-state index >= 15 is 0 Å². The van der Waals surface area contributed by atoms with Gasteiger partial charge in [0.05, 0.1) is 18.7 Å². The molecule has 0 saturated carbocycles. The Morgan fingerprint density at radius 2 is 2.04 bits per heavy atom. The predicted molar refractivity (Wildman–Crippen MR) is 90.3 cm³/mol. The maximum Gasteiger partial charge on any atom is 0.410 e. The second kappa shape index (κ2) is 6.40. The summed E-state index contributed by atoms with van der Waals surface area (Å²) in [7, 11) is 0. The Morgan fingerprint density at radius 3 is 2.64 bits per heavy atom. The van der Waals surface area contributed by atoms with Crippen LogP contribution in [0.1, 0.15) is 37.5 Å². The first-order valence-corrected chi connectivity index (χ1v) is 8.45. The van der Waals surface area contributed by atoms with Gasteiger partial charge in [0.2, 0.25) is 0 Å². The molecular weight excluding hydrogens is 320 g/mol. The van der Waals surface area contributed by atoms with Crippen molar-refractivity contribution < 1.29 is 19.1 Å². The first-order chi connectivity index (χ1) is 11.8. The van der Waals surface area contributed by atoms with E-state index in [1.165, 1.54) is 0 Å². The van der Waals surface area contributed by atoms with E-state index in [1.54, 1.807) is 11.0 Å². The molecule has 1 amide bonds. The molecule has 25 heavy (non-hydrogen) atoms. The molecule has 0 aromatic heterocycles. The first kappa shape index (κ1) is 17.3. The normalized spacial score (nSPS) is 19.6. The Kier molecular flexibility index (Phi) is 4.42. The fourth-order valence-corrected chi connectivity index (χ4v) is 3.20. The van der Waals surface area contributed by atoms with Gasteiger partial charge in [-0.05, 0) is 50.8 Å². The fourth-order valence-electron chi connectivity index (χ4n) is 3.20. The van der Waals surface area contributed by atoms with Crippen LogP contribution in [0, 0.1) is 17.2 Å². The highest BCUT2D eigenvalue weighted by atomic mass is 16.6. The second-order valence-corrected chi connectivity index (χ2v) is 7.62. The van der Waals surface area contributed by atoms with Gasteiger partial charge in [0.15, 0.2) is 0 Å². The van der Waals surface area contributed by atoms with Gasteiger partial charge in [-0.3, -0.25) is 0 Å². The minimum atomic E-state index is -0.522. The van der Waals surface area contributed by atoms with E-state index in [9.17, 15) is 14.9 Å². The summed E-state index contributed by atoms with van der Waals surface area (Å²) in [6.07, 6.45) is 1.72. The van der Waals surface area contributed by atoms with Crippen molar-refractivity contribution in [2.75, 3.05) is 13.1 Å². The minimum Gasteiger partial charge on any atom is -0.485 e. The van der Waals surface area contributed by atoms with Crippen LogP contribution in [0.25, 0.3) is 0 Å². The number of carbonyl (C=O) groups is 2. The summed E-state index contributed by atoms with van der Waals surface area (Å²) in [6, 6.07) is 5.94. The van der Waals surface area contributed by atoms with E-state index in [0.717, 1.165) is 17.4 Å². The van der Waals surface area contributed by atoms with Gasteiger partial charge in [0, 0.05) is 5.92 Å². The Morgan fingerprint density at radius 1 is 1.32 bits per heavy atom. The Bertz CT molecular complexity index is 739. The molecule has 0 radical (unpaired) electrons. The molecule has 0 N–H and O–H groups in total. The monoisotopic (exact) mass is 342 g/mol. The molecule has 132 valence electrons. The van der Waals surface area contributed by atoms with Crippen molar-refractivity contribution in [3.63, 3.8) is 0 Å². The van der Waals surface area contributed by atoms with Crippen molar-refractivity contribution in [3.05, 3.63) is 28.8 Å². The van der Waals surface area contributed by atoms with Gasteiger partial charge in [-0.15, -0.1) is 0 Å². The molecule has 1 aliphatic carbocycles. The number of rotatable bonds is 3. The van der Waals surface area contributed by atoms with Crippen molar-refractivity contribution in [1.82, 2.24) is 4.90 Å². The molecule has 1 aromatic rings. The molecule has 1 saturated heterocycles. The summed E-state index contributed by atoms with van der Waals surface area (Å²) < 4.78 is 11.2. The van der Waals surface area contributed by atoms with Crippen LogP contribution in [0.3, 0.4) is 0 Å². The Hall–Kier alpha value is -2.55. The molecule has 1 atom stereocenters. The number of ether oxygens (including phenoxy) is 2. The maximum absolute atomic E-state index is 11.9. The van der Waals surface area contributed by atoms with Gasteiger partial charge >= 0.3 is 6.09 Å². The number of fused-ring (bicyclic) bond motifs is 1. The first-order valence-electron chi connectivity index (χ1n) is 8.45. The number of aldehydes is 1. The molecule has 3 rings (SSSR count). The highest BCUT2D eigenvalue weighted by Crippen LogP contribution is 2.34. The van der Waals surface area contributed by atoms with E-state index in [2.05, 4.69) is 6.07 Å². The molecular formula is C19H22N2O4. The molecule has 2 aliphatic rings. The Labute approximate surface area is 147 Å². The number of hydrogen-bond acceptors (Lipinski definition) is 5. The third-order valence-electron chi connectivity index (χ3n) is 4.42. The zero-order valence-corrected chi connectivity index (χ0v) is 14.7. The minimum absolute atomic E-state index is 0.0521. The third kappa shape index (κ3) is 3.60. The van der Waals surface area contributed by atoms with E-state index in [4.69, 9.17) is 9.47 Å². The van der Waals surface area contributed by atoms with Crippen molar-refractivity contribution in [2.24, 2.45) is 5.92 Å². The van der Waals surface area contributed by atoms with E-state index in [1.807, 2.05) is 26.8 Å². The summed E-state index contributed by atoms with van der Waals surface area (Å²) in [5.41, 5.74) is 1.95. The second-order valence-electron chi connectivity index (χ2n) is 7.62. The molecule has 1 aromatic carbocycles. The largest absolute Gasteiger partial charge is 0.485 e. The summed E-state index contributed by atoms with van der Waals surface area (Å²) in [5.74, 6) is 0.477. The molecule has 0 spiro atoms. The number of hydrogen-bond donors (Lipinski definition) is 0. The predicted octanol–water partition coefficient (Wildman–Crippen LogP) is 2.47. The molecule has 1 fully saturated rings. The number of likely N-dealkylation sites (tertiary alicyclic amines) is 1. The third-order valence-corrected chi connectivity index (χ3v) is 4.42. The number of nitriles is 1. The smallest absolute Gasteiger partial charge is 0.410 e. The topological polar surface area (TPSA) is 79.6 Å². The van der Waals surface area contributed by atoms with Gasteiger partial charge in [-0.2, -0.15) is 5.26 Å². The lowest BCUT2D eigenvalue weighted by Crippen LogP contribution is -2.57. The van der Waals surface area contributed by atoms with Gasteiger partial charge in [0.25, 0.3) is 0 Å². The molecule has 6 heteroatoms. The van der Waals surface area contributed by atoms with Crippen molar-refractivity contribution in [3.8, 4) is 11.8 Å². The summed E-state index contributed by atoms with van der Waals surface area (Å²) in [6.45, 7) is 6.36. The molecule has 0 bridgehead atoms. The number of nitrogens with zero attached hydrogens (tertiary/aromatic N) is 2. The van der Waals surface area contributed by atoms with Crippen LogP contribution in [-0.4, -0.2) is 42.1 Å². The highest BCUT2D eigenvalue weighted by molar-refractivity contribution is 5.69. The van der Waals surface area contributed by atoms with Gasteiger partial charge < -0.3 is 19.2 Å². The Balaban J connectivity index is 1.64.